The predicted octanol–water partition coefficient (Wildman–Crippen LogP) is 2.12. The van der Waals surface area contributed by atoms with Crippen molar-refractivity contribution in [3.63, 3.8) is 0 Å². The fourth-order valence-electron chi connectivity index (χ4n) is 2.17. The molecule has 1 saturated heterocycles. The molecule has 94 valence electrons. The first-order chi connectivity index (χ1) is 8.78. The van der Waals surface area contributed by atoms with Gasteiger partial charge in [0.05, 0.1) is 6.54 Å². The average Bonchev–Trinajstić information content (AvgIpc) is 3.03. The molecule has 0 amide bonds. The third-order valence-electron chi connectivity index (χ3n) is 3.02. The average molecular weight is 281 g/mol. The lowest BCUT2D eigenvalue weighted by atomic mass is 10.1. The molecule has 3 rings (SSSR count). The van der Waals surface area contributed by atoms with E-state index in [1.165, 1.54) is 5.56 Å². The van der Waals surface area contributed by atoms with Crippen LogP contribution >= 0.6 is 23.4 Å². The van der Waals surface area contributed by atoms with Crippen LogP contribution in [0.5, 0.6) is 0 Å². The van der Waals surface area contributed by atoms with Crippen molar-refractivity contribution in [2.45, 2.75) is 11.4 Å². The minimum absolute atomic E-state index is 0.127. The van der Waals surface area contributed by atoms with E-state index in [0.717, 1.165) is 23.9 Å². The normalized spacial score (nSPS) is 23.4. The molecule has 1 aromatic carbocycles. The van der Waals surface area contributed by atoms with Crippen LogP contribution in [-0.4, -0.2) is 27.1 Å². The maximum atomic E-state index is 5.95. The van der Waals surface area contributed by atoms with E-state index in [2.05, 4.69) is 27.5 Å². The molecule has 2 heterocycles. The fraction of sp³-hybridized carbons (Fsp3) is 0.333. The summed E-state index contributed by atoms with van der Waals surface area (Å²) in [4.78, 5) is 3.87. The van der Waals surface area contributed by atoms with E-state index in [0.29, 0.717) is 0 Å². The standard InChI is InChI=1S/C12H13ClN4S/c13-11-3-1-10(2-4-11)12(15-5-6-18-12)7-17-9-14-8-16-17/h1-4,8-9,15H,5-7H2. The summed E-state index contributed by atoms with van der Waals surface area (Å²) in [7, 11) is 0. The van der Waals surface area contributed by atoms with Gasteiger partial charge < -0.3 is 0 Å². The van der Waals surface area contributed by atoms with Gasteiger partial charge in [-0.15, -0.1) is 11.8 Å². The third-order valence-corrected chi connectivity index (χ3v) is 4.69. The largest absolute Gasteiger partial charge is 0.297 e. The lowest BCUT2D eigenvalue weighted by molar-refractivity contribution is 0.422. The first-order valence-corrected chi connectivity index (χ1v) is 7.12. The van der Waals surface area contributed by atoms with Crippen molar-refractivity contribution in [1.82, 2.24) is 20.1 Å². The number of nitrogens with one attached hydrogen (secondary N) is 1. The maximum Gasteiger partial charge on any atom is 0.137 e. The van der Waals surface area contributed by atoms with E-state index in [1.807, 2.05) is 28.6 Å². The lowest BCUT2D eigenvalue weighted by Gasteiger charge is -2.29. The number of benzene rings is 1. The van der Waals surface area contributed by atoms with Crippen molar-refractivity contribution >= 4 is 23.4 Å². The first kappa shape index (κ1) is 12.0. The van der Waals surface area contributed by atoms with Crippen molar-refractivity contribution in [1.29, 1.82) is 0 Å². The minimum atomic E-state index is -0.127. The van der Waals surface area contributed by atoms with Crippen molar-refractivity contribution in [2.24, 2.45) is 0 Å². The number of thioether (sulfide) groups is 1. The van der Waals surface area contributed by atoms with E-state index < -0.39 is 0 Å². The lowest BCUT2D eigenvalue weighted by Crippen LogP contribution is -2.38. The molecular weight excluding hydrogens is 268 g/mol. The van der Waals surface area contributed by atoms with E-state index in [1.54, 1.807) is 12.7 Å². The zero-order valence-electron chi connectivity index (χ0n) is 9.71. The molecule has 1 fully saturated rings. The predicted molar refractivity (Wildman–Crippen MR) is 73.6 cm³/mol. The van der Waals surface area contributed by atoms with Gasteiger partial charge in [0, 0.05) is 17.3 Å². The Bertz CT molecular complexity index is 505. The van der Waals surface area contributed by atoms with Crippen molar-refractivity contribution in [3.05, 3.63) is 47.5 Å². The smallest absolute Gasteiger partial charge is 0.137 e. The molecule has 0 saturated carbocycles. The van der Waals surface area contributed by atoms with E-state index in [4.69, 9.17) is 11.6 Å². The number of hydrogen-bond acceptors (Lipinski definition) is 4. The first-order valence-electron chi connectivity index (χ1n) is 5.76. The summed E-state index contributed by atoms with van der Waals surface area (Å²) in [6.07, 6.45) is 3.31. The highest BCUT2D eigenvalue weighted by molar-refractivity contribution is 8.00. The second-order valence-electron chi connectivity index (χ2n) is 4.20. The van der Waals surface area contributed by atoms with Crippen LogP contribution in [-0.2, 0) is 11.4 Å². The SMILES string of the molecule is Clc1ccc(C2(Cn3cncn3)NCCS2)cc1. The topological polar surface area (TPSA) is 42.7 Å². The Morgan fingerprint density at radius 3 is 2.83 bits per heavy atom. The van der Waals surface area contributed by atoms with E-state index in [-0.39, 0.29) is 4.87 Å². The summed E-state index contributed by atoms with van der Waals surface area (Å²) in [6, 6.07) is 8.01. The molecule has 1 aliphatic heterocycles. The van der Waals surface area contributed by atoms with Gasteiger partial charge >= 0.3 is 0 Å². The van der Waals surface area contributed by atoms with Crippen LogP contribution in [0, 0.1) is 0 Å². The van der Waals surface area contributed by atoms with Gasteiger partial charge in [-0.05, 0) is 17.7 Å². The molecule has 0 spiro atoms. The molecule has 1 aromatic heterocycles. The molecule has 0 bridgehead atoms. The van der Waals surface area contributed by atoms with Gasteiger partial charge in [-0.2, -0.15) is 5.10 Å². The highest BCUT2D eigenvalue weighted by atomic mass is 35.5. The summed E-state index contributed by atoms with van der Waals surface area (Å²) < 4.78 is 1.86. The number of halogens is 1. The van der Waals surface area contributed by atoms with Gasteiger partial charge in [0.1, 0.15) is 17.5 Å². The second-order valence-corrected chi connectivity index (χ2v) is 6.03. The van der Waals surface area contributed by atoms with Gasteiger partial charge in [0.15, 0.2) is 0 Å². The third kappa shape index (κ3) is 2.25. The minimum Gasteiger partial charge on any atom is -0.297 e. The van der Waals surface area contributed by atoms with Crippen molar-refractivity contribution in [3.8, 4) is 0 Å². The monoisotopic (exact) mass is 280 g/mol. The quantitative estimate of drug-likeness (QED) is 0.935. The van der Waals surface area contributed by atoms with Crippen molar-refractivity contribution < 1.29 is 0 Å². The summed E-state index contributed by atoms with van der Waals surface area (Å²) >= 11 is 7.86. The van der Waals surface area contributed by atoms with Gasteiger partial charge in [0.2, 0.25) is 0 Å². The number of rotatable bonds is 3. The molecule has 1 unspecified atom stereocenters. The van der Waals surface area contributed by atoms with Gasteiger partial charge in [-0.25, -0.2) is 9.67 Å². The zero-order chi connectivity index (χ0) is 12.4. The second kappa shape index (κ2) is 4.91. The molecule has 4 nitrogen and oxygen atoms in total. The highest BCUT2D eigenvalue weighted by Gasteiger charge is 2.36. The van der Waals surface area contributed by atoms with Crippen LogP contribution in [0.2, 0.25) is 5.02 Å². The Balaban J connectivity index is 1.93. The molecule has 1 atom stereocenters. The zero-order valence-corrected chi connectivity index (χ0v) is 11.3. The molecule has 1 N–H and O–H groups in total. The van der Waals surface area contributed by atoms with Gasteiger partial charge in [0.25, 0.3) is 0 Å². The highest BCUT2D eigenvalue weighted by Crippen LogP contribution is 2.39. The summed E-state index contributed by atoms with van der Waals surface area (Å²) in [6.45, 7) is 1.77. The van der Waals surface area contributed by atoms with Crippen LogP contribution in [0.25, 0.3) is 0 Å². The Kier molecular flexibility index (Phi) is 3.28. The molecule has 0 radical (unpaired) electrons. The van der Waals surface area contributed by atoms with E-state index in [9.17, 15) is 0 Å². The number of aromatic nitrogens is 3. The Hall–Kier alpha value is -1.04. The molecular formula is C12H13ClN4S. The number of nitrogens with zero attached hydrogens (tertiary/aromatic N) is 3. The van der Waals surface area contributed by atoms with Gasteiger partial charge in [-0.1, -0.05) is 23.7 Å². The number of hydrogen-bond donors (Lipinski definition) is 1. The Labute approximate surface area is 115 Å². The summed E-state index contributed by atoms with van der Waals surface area (Å²) in [5.74, 6) is 1.09. The van der Waals surface area contributed by atoms with E-state index >= 15 is 0 Å². The van der Waals surface area contributed by atoms with Crippen LogP contribution in [0.15, 0.2) is 36.9 Å². The Morgan fingerprint density at radius 2 is 2.22 bits per heavy atom. The molecule has 0 aliphatic carbocycles. The van der Waals surface area contributed by atoms with Crippen molar-refractivity contribution in [2.75, 3.05) is 12.3 Å². The Morgan fingerprint density at radius 1 is 1.39 bits per heavy atom. The molecule has 1 aliphatic rings. The fourth-order valence-corrected chi connectivity index (χ4v) is 3.58. The van der Waals surface area contributed by atoms with Gasteiger partial charge in [-0.3, -0.25) is 5.32 Å². The van der Waals surface area contributed by atoms with Crippen LogP contribution in [0.4, 0.5) is 0 Å². The molecule has 6 heteroatoms. The summed E-state index contributed by atoms with van der Waals surface area (Å²) in [5, 5.41) is 8.53. The van der Waals surface area contributed by atoms with Crippen LogP contribution in [0.3, 0.4) is 0 Å². The molecule has 2 aromatic rings. The maximum absolute atomic E-state index is 5.95. The van der Waals surface area contributed by atoms with Crippen LogP contribution in [0.1, 0.15) is 5.56 Å². The summed E-state index contributed by atoms with van der Waals surface area (Å²) in [5.41, 5.74) is 1.23. The molecule has 18 heavy (non-hydrogen) atoms. The van der Waals surface area contributed by atoms with Crippen LogP contribution < -0.4 is 5.32 Å².